The van der Waals surface area contributed by atoms with Gasteiger partial charge < -0.3 is 14.8 Å². The average Bonchev–Trinajstić information content (AvgIpc) is 2.78. The summed E-state index contributed by atoms with van der Waals surface area (Å²) in [5.74, 6) is 1.34. The molecule has 0 spiro atoms. The normalized spacial score (nSPS) is 12.0. The van der Waals surface area contributed by atoms with Crippen molar-refractivity contribution in [2.75, 3.05) is 22.9 Å². The quantitative estimate of drug-likeness (QED) is 0.508. The maximum absolute atomic E-state index is 12.9. The van der Waals surface area contributed by atoms with Gasteiger partial charge in [0.1, 0.15) is 11.5 Å². The fourth-order valence-electron chi connectivity index (χ4n) is 2.90. The Labute approximate surface area is 188 Å². The van der Waals surface area contributed by atoms with Crippen LogP contribution in [0, 0.1) is 0 Å². The Kier molecular flexibility index (Phi) is 7.37. The van der Waals surface area contributed by atoms with Crippen LogP contribution in [0.3, 0.4) is 0 Å². The van der Waals surface area contributed by atoms with Crippen LogP contribution in [-0.4, -0.2) is 33.7 Å². The van der Waals surface area contributed by atoms with Gasteiger partial charge in [0.05, 0.1) is 17.6 Å². The summed E-state index contributed by atoms with van der Waals surface area (Å²) >= 11 is 0. The smallest absolute Gasteiger partial charge is 0.265 e. The summed E-state index contributed by atoms with van der Waals surface area (Å²) in [5.41, 5.74) is 1.04. The van der Waals surface area contributed by atoms with E-state index in [4.69, 9.17) is 9.47 Å². The summed E-state index contributed by atoms with van der Waals surface area (Å²) in [6, 6.07) is 23.0. The molecule has 0 radical (unpaired) electrons. The molecule has 3 aromatic carbocycles. The van der Waals surface area contributed by atoms with Crippen molar-refractivity contribution >= 4 is 27.3 Å². The highest BCUT2D eigenvalue weighted by Gasteiger charge is 2.20. The molecule has 8 heteroatoms. The van der Waals surface area contributed by atoms with Crippen LogP contribution in [0.25, 0.3) is 0 Å². The van der Waals surface area contributed by atoms with Gasteiger partial charge >= 0.3 is 0 Å². The molecule has 1 N–H and O–H groups in total. The van der Waals surface area contributed by atoms with E-state index in [0.29, 0.717) is 35.0 Å². The van der Waals surface area contributed by atoms with Crippen molar-refractivity contribution in [2.24, 2.45) is 0 Å². The van der Waals surface area contributed by atoms with E-state index in [1.165, 1.54) is 11.4 Å². The van der Waals surface area contributed by atoms with Crippen molar-refractivity contribution in [3.63, 3.8) is 0 Å². The first-order chi connectivity index (χ1) is 15.3. The summed E-state index contributed by atoms with van der Waals surface area (Å²) in [7, 11) is -1.88. The minimum absolute atomic E-state index is 0.311. The zero-order chi connectivity index (χ0) is 23.1. The van der Waals surface area contributed by atoms with E-state index in [-0.39, 0.29) is 5.91 Å². The summed E-state index contributed by atoms with van der Waals surface area (Å²) < 4.78 is 36.3. The molecule has 0 saturated heterocycles. The number of carbonyl (C=O) groups excluding carboxylic acids is 1. The maximum atomic E-state index is 12.9. The third-order valence-corrected chi connectivity index (χ3v) is 5.96. The third kappa shape index (κ3) is 6.01. The van der Waals surface area contributed by atoms with Gasteiger partial charge in [-0.1, -0.05) is 37.3 Å². The molecule has 7 nitrogen and oxygen atoms in total. The van der Waals surface area contributed by atoms with Gasteiger partial charge in [-0.25, -0.2) is 8.42 Å². The fraction of sp³-hybridized carbons (Fsp3) is 0.208. The van der Waals surface area contributed by atoms with E-state index >= 15 is 0 Å². The van der Waals surface area contributed by atoms with Gasteiger partial charge in [0.15, 0.2) is 11.9 Å². The number of hydrogen-bond acceptors (Lipinski definition) is 5. The zero-order valence-corrected chi connectivity index (χ0v) is 19.0. The molecule has 3 aromatic rings. The average molecular weight is 455 g/mol. The first kappa shape index (κ1) is 23.1. The molecule has 0 unspecified atom stereocenters. The summed E-state index contributed by atoms with van der Waals surface area (Å²) in [5, 5.41) is 2.88. The number of rotatable bonds is 9. The Morgan fingerprint density at radius 2 is 1.56 bits per heavy atom. The van der Waals surface area contributed by atoms with E-state index in [2.05, 4.69) is 5.32 Å². The highest BCUT2D eigenvalue weighted by molar-refractivity contribution is 7.92. The lowest BCUT2D eigenvalue weighted by Crippen LogP contribution is -2.32. The molecule has 32 heavy (non-hydrogen) atoms. The van der Waals surface area contributed by atoms with Gasteiger partial charge in [0.25, 0.3) is 5.91 Å². The van der Waals surface area contributed by atoms with Crippen LogP contribution in [0.5, 0.6) is 17.2 Å². The van der Waals surface area contributed by atoms with Crippen LogP contribution in [0.1, 0.15) is 13.3 Å². The van der Waals surface area contributed by atoms with Crippen LogP contribution in [0.4, 0.5) is 11.4 Å². The van der Waals surface area contributed by atoms with E-state index in [9.17, 15) is 13.2 Å². The van der Waals surface area contributed by atoms with Gasteiger partial charge in [0.2, 0.25) is 10.0 Å². The summed E-state index contributed by atoms with van der Waals surface area (Å²) in [6.45, 7) is 1.85. The van der Waals surface area contributed by atoms with Crippen molar-refractivity contribution in [3.8, 4) is 17.2 Å². The summed E-state index contributed by atoms with van der Waals surface area (Å²) in [4.78, 5) is 12.9. The molecule has 0 fully saturated rings. The second-order valence-corrected chi connectivity index (χ2v) is 9.15. The second kappa shape index (κ2) is 10.2. The van der Waals surface area contributed by atoms with Crippen LogP contribution in [0.15, 0.2) is 78.9 Å². The van der Waals surface area contributed by atoms with E-state index < -0.39 is 16.1 Å². The molecule has 3 rings (SSSR count). The molecular formula is C24H26N2O5S. The number of para-hydroxylation sites is 3. The van der Waals surface area contributed by atoms with Crippen LogP contribution in [-0.2, 0) is 14.8 Å². The number of benzene rings is 3. The zero-order valence-electron chi connectivity index (χ0n) is 18.2. The van der Waals surface area contributed by atoms with Gasteiger partial charge in [-0.3, -0.25) is 9.10 Å². The topological polar surface area (TPSA) is 84.9 Å². The molecule has 0 aliphatic carbocycles. The van der Waals surface area contributed by atoms with Crippen molar-refractivity contribution in [2.45, 2.75) is 19.4 Å². The molecule has 1 amide bonds. The van der Waals surface area contributed by atoms with E-state index in [0.717, 1.165) is 6.26 Å². The van der Waals surface area contributed by atoms with Gasteiger partial charge in [0, 0.05) is 7.05 Å². The number of nitrogens with zero attached hydrogens (tertiary/aromatic N) is 1. The molecule has 0 aliphatic rings. The summed E-state index contributed by atoms with van der Waals surface area (Å²) in [6.07, 6.45) is 0.838. The number of sulfonamides is 1. The Morgan fingerprint density at radius 1 is 0.938 bits per heavy atom. The molecular weight excluding hydrogens is 428 g/mol. The first-order valence-electron chi connectivity index (χ1n) is 10.1. The lowest BCUT2D eigenvalue weighted by Gasteiger charge is -2.20. The van der Waals surface area contributed by atoms with Gasteiger partial charge in [-0.2, -0.15) is 0 Å². The van der Waals surface area contributed by atoms with Crippen molar-refractivity contribution < 1.29 is 22.7 Å². The molecule has 0 aliphatic heterocycles. The number of carbonyl (C=O) groups is 1. The Balaban J connectivity index is 1.69. The van der Waals surface area contributed by atoms with Crippen molar-refractivity contribution in [3.05, 3.63) is 78.9 Å². The Bertz CT molecular complexity index is 1150. The molecule has 0 aromatic heterocycles. The molecule has 0 heterocycles. The predicted octanol–water partition coefficient (Wildman–Crippen LogP) is 4.67. The highest BCUT2D eigenvalue weighted by Crippen LogP contribution is 2.29. The van der Waals surface area contributed by atoms with Crippen LogP contribution in [0.2, 0.25) is 0 Å². The number of amides is 1. The number of anilines is 2. The van der Waals surface area contributed by atoms with E-state index in [1.807, 2.05) is 49.4 Å². The van der Waals surface area contributed by atoms with Crippen molar-refractivity contribution in [1.82, 2.24) is 0 Å². The first-order valence-corrected chi connectivity index (χ1v) is 12.0. The molecule has 1 atom stereocenters. The highest BCUT2D eigenvalue weighted by atomic mass is 32.2. The number of nitrogens with one attached hydrogen (secondary N) is 1. The molecule has 168 valence electrons. The lowest BCUT2D eigenvalue weighted by atomic mass is 10.2. The minimum atomic E-state index is -3.35. The van der Waals surface area contributed by atoms with Crippen LogP contribution < -0.4 is 19.1 Å². The van der Waals surface area contributed by atoms with Crippen LogP contribution >= 0.6 is 0 Å². The number of hydrogen-bond donors (Lipinski definition) is 1. The second-order valence-electron chi connectivity index (χ2n) is 7.14. The largest absolute Gasteiger partial charge is 0.481 e. The lowest BCUT2D eigenvalue weighted by molar-refractivity contribution is -0.122. The van der Waals surface area contributed by atoms with Crippen molar-refractivity contribution in [1.29, 1.82) is 0 Å². The van der Waals surface area contributed by atoms with Gasteiger partial charge in [-0.15, -0.1) is 0 Å². The Hall–Kier alpha value is -3.52. The Morgan fingerprint density at radius 3 is 2.19 bits per heavy atom. The maximum Gasteiger partial charge on any atom is 0.265 e. The fourth-order valence-corrected chi connectivity index (χ4v) is 3.40. The van der Waals surface area contributed by atoms with Gasteiger partial charge in [-0.05, 0) is 55.0 Å². The molecule has 0 saturated carbocycles. The predicted molar refractivity (Wildman–Crippen MR) is 126 cm³/mol. The standard InChI is InChI=1S/C24H26N2O5S/c1-4-22(30-20-16-14-18(15-17-20)26(2)32(3,28)29)24(27)25-21-12-8-9-13-23(21)31-19-10-6-5-7-11-19/h5-17,22H,4H2,1-3H3,(H,25,27)/t22-/m1/s1. The third-order valence-electron chi connectivity index (χ3n) is 4.76. The monoisotopic (exact) mass is 454 g/mol. The molecule has 0 bridgehead atoms. The minimum Gasteiger partial charge on any atom is -0.481 e. The SMILES string of the molecule is CC[C@@H](Oc1ccc(N(C)S(C)(=O)=O)cc1)C(=O)Nc1ccccc1Oc1ccccc1. The van der Waals surface area contributed by atoms with E-state index in [1.54, 1.807) is 36.4 Å². The number of ether oxygens (including phenoxy) is 2.